The van der Waals surface area contributed by atoms with E-state index >= 15 is 0 Å². The predicted molar refractivity (Wildman–Crippen MR) is 59.2 cm³/mol. The monoisotopic (exact) mass is 207 g/mol. The minimum Gasteiger partial charge on any atom is -0.464 e. The van der Waals surface area contributed by atoms with Gasteiger partial charge in [-0.25, -0.2) is 4.79 Å². The lowest BCUT2D eigenvalue weighted by atomic mass is 10.1. The molecule has 15 heavy (non-hydrogen) atoms. The van der Waals surface area contributed by atoms with E-state index in [4.69, 9.17) is 10.5 Å². The van der Waals surface area contributed by atoms with Gasteiger partial charge < -0.3 is 10.5 Å². The smallest absolute Gasteiger partial charge is 0.327 e. The Kier molecular flexibility index (Phi) is 4.31. The Bertz CT molecular complexity index is 309. The molecule has 3 heteroatoms. The van der Waals surface area contributed by atoms with Crippen molar-refractivity contribution < 1.29 is 9.53 Å². The molecule has 0 heterocycles. The molecule has 1 aromatic carbocycles. The maximum absolute atomic E-state index is 11.5. The number of hydrogen-bond donors (Lipinski definition) is 1. The fraction of sp³-hybridized carbons (Fsp3) is 0.417. The number of benzene rings is 1. The molecule has 1 atom stereocenters. The van der Waals surface area contributed by atoms with E-state index in [0.717, 1.165) is 5.56 Å². The maximum Gasteiger partial charge on any atom is 0.327 e. The molecule has 0 saturated heterocycles. The van der Waals surface area contributed by atoms with Crippen molar-refractivity contribution >= 4 is 5.97 Å². The van der Waals surface area contributed by atoms with Crippen LogP contribution in [0.15, 0.2) is 30.3 Å². The lowest BCUT2D eigenvalue weighted by Gasteiger charge is -2.12. The van der Waals surface area contributed by atoms with Gasteiger partial charge >= 0.3 is 5.97 Å². The summed E-state index contributed by atoms with van der Waals surface area (Å²) in [5.41, 5.74) is 6.53. The van der Waals surface area contributed by atoms with E-state index in [-0.39, 0.29) is 5.97 Å². The Morgan fingerprint density at radius 1 is 1.33 bits per heavy atom. The summed E-state index contributed by atoms with van der Waals surface area (Å²) < 4.78 is 5.06. The van der Waals surface area contributed by atoms with Crippen LogP contribution in [0.25, 0.3) is 0 Å². The third-order valence-corrected chi connectivity index (χ3v) is 1.97. The van der Waals surface area contributed by atoms with Crippen molar-refractivity contribution in [3.63, 3.8) is 0 Å². The second-order valence-corrected chi connectivity index (χ2v) is 3.91. The number of ether oxygens (including phenoxy) is 1. The molecule has 0 aliphatic rings. The Morgan fingerprint density at radius 3 is 2.47 bits per heavy atom. The fourth-order valence-corrected chi connectivity index (χ4v) is 1.14. The first-order valence-electron chi connectivity index (χ1n) is 5.08. The van der Waals surface area contributed by atoms with Crippen LogP contribution in [0.5, 0.6) is 0 Å². The van der Waals surface area contributed by atoms with Crippen molar-refractivity contribution in [2.45, 2.75) is 19.9 Å². The van der Waals surface area contributed by atoms with E-state index in [9.17, 15) is 4.79 Å². The van der Waals surface area contributed by atoms with Crippen LogP contribution in [0.1, 0.15) is 25.5 Å². The number of hydrogen-bond acceptors (Lipinski definition) is 3. The topological polar surface area (TPSA) is 52.3 Å². The average molecular weight is 207 g/mol. The summed E-state index contributed by atoms with van der Waals surface area (Å²) in [5, 5.41) is 0. The van der Waals surface area contributed by atoms with E-state index in [2.05, 4.69) is 0 Å². The first-order valence-corrected chi connectivity index (χ1v) is 5.08. The third-order valence-electron chi connectivity index (χ3n) is 1.97. The summed E-state index contributed by atoms with van der Waals surface area (Å²) in [6, 6.07) is 8.55. The van der Waals surface area contributed by atoms with Crippen LogP contribution < -0.4 is 5.73 Å². The van der Waals surface area contributed by atoms with Gasteiger partial charge in [0, 0.05) is 0 Å². The molecule has 1 aromatic rings. The Balaban J connectivity index is 2.54. The van der Waals surface area contributed by atoms with Crippen LogP contribution in [0.4, 0.5) is 0 Å². The van der Waals surface area contributed by atoms with Gasteiger partial charge in [0.25, 0.3) is 0 Å². The van der Waals surface area contributed by atoms with E-state index in [1.807, 2.05) is 44.2 Å². The maximum atomic E-state index is 11.5. The number of carbonyl (C=O) groups is 1. The highest BCUT2D eigenvalue weighted by molar-refractivity contribution is 5.77. The summed E-state index contributed by atoms with van der Waals surface area (Å²) in [7, 11) is 0. The minimum atomic E-state index is -0.676. The molecule has 2 N–H and O–H groups in total. The van der Waals surface area contributed by atoms with Crippen LogP contribution in [0, 0.1) is 5.92 Å². The second-order valence-electron chi connectivity index (χ2n) is 3.91. The zero-order chi connectivity index (χ0) is 11.3. The molecule has 3 nitrogen and oxygen atoms in total. The van der Waals surface area contributed by atoms with E-state index in [0.29, 0.717) is 12.5 Å². The lowest BCUT2D eigenvalue weighted by molar-refractivity contribution is -0.146. The van der Waals surface area contributed by atoms with Crippen LogP contribution in [-0.4, -0.2) is 12.6 Å². The molecule has 0 unspecified atom stereocenters. The Labute approximate surface area is 90.2 Å². The number of rotatable bonds is 4. The molecule has 0 aliphatic heterocycles. The summed E-state index contributed by atoms with van der Waals surface area (Å²) in [6.45, 7) is 4.39. The van der Waals surface area contributed by atoms with Crippen molar-refractivity contribution in [1.29, 1.82) is 0 Å². The van der Waals surface area contributed by atoms with Crippen LogP contribution in [0.2, 0.25) is 0 Å². The molecule has 0 spiro atoms. The second kappa shape index (κ2) is 5.51. The molecule has 0 saturated carbocycles. The summed E-state index contributed by atoms with van der Waals surface area (Å²) in [6.07, 6.45) is 0. The third kappa shape index (κ3) is 3.72. The molecule has 0 aliphatic carbocycles. The van der Waals surface area contributed by atoms with Gasteiger partial charge in [-0.2, -0.15) is 0 Å². The highest BCUT2D eigenvalue weighted by Crippen LogP contribution is 2.11. The zero-order valence-corrected chi connectivity index (χ0v) is 9.14. The van der Waals surface area contributed by atoms with Gasteiger partial charge in [-0.15, -0.1) is 0 Å². The van der Waals surface area contributed by atoms with E-state index < -0.39 is 6.04 Å². The molecule has 0 aromatic heterocycles. The number of esters is 1. The highest BCUT2D eigenvalue weighted by atomic mass is 16.5. The highest BCUT2D eigenvalue weighted by Gasteiger charge is 2.16. The molecule has 1 rings (SSSR count). The first kappa shape index (κ1) is 11.7. The van der Waals surface area contributed by atoms with Gasteiger partial charge in [0.2, 0.25) is 0 Å². The quantitative estimate of drug-likeness (QED) is 0.767. The Hall–Kier alpha value is -1.35. The zero-order valence-electron chi connectivity index (χ0n) is 9.14. The SMILES string of the molecule is CC(C)COC(=O)[C@@H](N)c1ccccc1. The van der Waals surface area contributed by atoms with Crippen LogP contribution >= 0.6 is 0 Å². The van der Waals surface area contributed by atoms with Gasteiger partial charge in [-0.3, -0.25) is 0 Å². The molecular formula is C12H17NO2. The van der Waals surface area contributed by atoms with Crippen LogP contribution in [-0.2, 0) is 9.53 Å². The lowest BCUT2D eigenvalue weighted by Crippen LogP contribution is -2.24. The summed E-state index contributed by atoms with van der Waals surface area (Å²) in [5.74, 6) is -0.0353. The molecule has 0 radical (unpaired) electrons. The Morgan fingerprint density at radius 2 is 1.93 bits per heavy atom. The normalized spacial score (nSPS) is 12.5. The standard InChI is InChI=1S/C12H17NO2/c1-9(2)8-15-12(14)11(13)10-6-4-3-5-7-10/h3-7,9,11H,8,13H2,1-2H3/t11-/m0/s1. The minimum absolute atomic E-state index is 0.330. The van der Waals surface area contributed by atoms with Gasteiger partial charge in [-0.05, 0) is 11.5 Å². The molecule has 0 bridgehead atoms. The summed E-state index contributed by atoms with van der Waals surface area (Å²) in [4.78, 5) is 11.5. The molecular weight excluding hydrogens is 190 g/mol. The van der Waals surface area contributed by atoms with Gasteiger partial charge in [-0.1, -0.05) is 44.2 Å². The molecule has 0 amide bonds. The van der Waals surface area contributed by atoms with Crippen molar-refractivity contribution in [2.24, 2.45) is 11.7 Å². The van der Waals surface area contributed by atoms with Gasteiger partial charge in [0.05, 0.1) is 6.61 Å². The first-order chi connectivity index (χ1) is 7.11. The van der Waals surface area contributed by atoms with Crippen molar-refractivity contribution in [1.82, 2.24) is 0 Å². The van der Waals surface area contributed by atoms with Gasteiger partial charge in [0.1, 0.15) is 6.04 Å². The molecule has 0 fully saturated rings. The average Bonchev–Trinajstić information content (AvgIpc) is 2.26. The summed E-state index contributed by atoms with van der Waals surface area (Å²) >= 11 is 0. The molecule has 82 valence electrons. The number of nitrogens with two attached hydrogens (primary N) is 1. The van der Waals surface area contributed by atoms with Crippen molar-refractivity contribution in [2.75, 3.05) is 6.61 Å². The van der Waals surface area contributed by atoms with Crippen LogP contribution in [0.3, 0.4) is 0 Å². The van der Waals surface area contributed by atoms with E-state index in [1.54, 1.807) is 0 Å². The van der Waals surface area contributed by atoms with Crippen molar-refractivity contribution in [3.05, 3.63) is 35.9 Å². The number of carbonyl (C=O) groups excluding carboxylic acids is 1. The van der Waals surface area contributed by atoms with E-state index in [1.165, 1.54) is 0 Å². The van der Waals surface area contributed by atoms with Crippen molar-refractivity contribution in [3.8, 4) is 0 Å². The fourth-order valence-electron chi connectivity index (χ4n) is 1.14. The van der Waals surface area contributed by atoms with Gasteiger partial charge in [0.15, 0.2) is 0 Å². The predicted octanol–water partition coefficient (Wildman–Crippen LogP) is 1.89. The largest absolute Gasteiger partial charge is 0.464 e.